The first-order chi connectivity index (χ1) is 9.97. The smallest absolute Gasteiger partial charge is 0.185 e. The normalized spacial score (nSPS) is 31.1. The Bertz CT molecular complexity index is 486. The molecule has 1 aromatic rings. The van der Waals surface area contributed by atoms with Crippen molar-refractivity contribution in [3.63, 3.8) is 0 Å². The lowest BCUT2D eigenvalue weighted by Gasteiger charge is -2.40. The molecule has 1 aliphatic rings. The predicted molar refractivity (Wildman–Crippen MR) is 75.1 cm³/mol. The van der Waals surface area contributed by atoms with Gasteiger partial charge in [0.25, 0.3) is 0 Å². The molecule has 4 N–H and O–H groups in total. The molecule has 118 valence electrons. The average molecular weight is 339 g/mol. The van der Waals surface area contributed by atoms with Gasteiger partial charge in [-0.1, -0.05) is 29.3 Å². The van der Waals surface area contributed by atoms with Gasteiger partial charge in [-0.25, -0.2) is 0 Å². The van der Waals surface area contributed by atoms with E-state index in [1.54, 1.807) is 12.1 Å². The van der Waals surface area contributed by atoms with Crippen LogP contribution >= 0.6 is 23.2 Å². The highest BCUT2D eigenvalue weighted by Crippen LogP contribution is 2.34. The van der Waals surface area contributed by atoms with E-state index >= 15 is 0 Å². The summed E-state index contributed by atoms with van der Waals surface area (Å²) >= 11 is 11.8. The molecular formula is C13H16Cl2O6. The summed E-state index contributed by atoms with van der Waals surface area (Å²) in [5.41, 5.74) is 0.518. The Kier molecular flexibility index (Phi) is 5.81. The van der Waals surface area contributed by atoms with Gasteiger partial charge in [0.1, 0.15) is 24.4 Å². The van der Waals surface area contributed by atoms with Crippen LogP contribution in [0.2, 0.25) is 10.0 Å². The number of rotatable bonds is 4. The summed E-state index contributed by atoms with van der Waals surface area (Å²) in [7, 11) is 0. The van der Waals surface area contributed by atoms with Gasteiger partial charge in [0.2, 0.25) is 0 Å². The number of ether oxygens (including phenoxy) is 2. The zero-order chi connectivity index (χ0) is 15.6. The standard InChI is InChI=1S/C13H16Cl2O6/c14-7-2-1-6(3-8(7)15)13-20-10(5-17)11(19)12(21-13)9(18)4-16/h1-3,9-13,16-19H,4-5H2/t9-,10+,11-,12-,13?/m1/s1. The second-order valence-electron chi connectivity index (χ2n) is 4.70. The van der Waals surface area contributed by atoms with Crippen LogP contribution in [0, 0.1) is 0 Å². The molecule has 0 aliphatic carbocycles. The molecule has 8 heteroatoms. The minimum absolute atomic E-state index is 0.298. The van der Waals surface area contributed by atoms with Gasteiger partial charge in [0, 0.05) is 5.56 Å². The van der Waals surface area contributed by atoms with Gasteiger partial charge in [-0.05, 0) is 12.1 Å². The van der Waals surface area contributed by atoms with Crippen LogP contribution in [0.1, 0.15) is 11.9 Å². The van der Waals surface area contributed by atoms with Crippen LogP contribution in [-0.2, 0) is 9.47 Å². The summed E-state index contributed by atoms with van der Waals surface area (Å²) in [5.74, 6) is 0. The fourth-order valence-electron chi connectivity index (χ4n) is 2.10. The first-order valence-electron chi connectivity index (χ1n) is 6.31. The Morgan fingerprint density at radius 2 is 1.86 bits per heavy atom. The molecule has 1 unspecified atom stereocenters. The van der Waals surface area contributed by atoms with Crippen molar-refractivity contribution < 1.29 is 29.9 Å². The zero-order valence-electron chi connectivity index (χ0n) is 10.9. The van der Waals surface area contributed by atoms with Crippen LogP contribution in [0.25, 0.3) is 0 Å². The van der Waals surface area contributed by atoms with E-state index in [4.69, 9.17) is 37.8 Å². The molecule has 0 radical (unpaired) electrons. The third-order valence-corrected chi connectivity index (χ3v) is 4.00. The molecule has 21 heavy (non-hydrogen) atoms. The van der Waals surface area contributed by atoms with E-state index in [2.05, 4.69) is 0 Å². The van der Waals surface area contributed by atoms with Crippen molar-refractivity contribution in [1.29, 1.82) is 0 Å². The first kappa shape index (κ1) is 16.9. The quantitative estimate of drug-likeness (QED) is 0.637. The summed E-state index contributed by atoms with van der Waals surface area (Å²) < 4.78 is 10.9. The maximum absolute atomic E-state index is 9.97. The fraction of sp³-hybridized carbons (Fsp3) is 0.538. The lowest BCUT2D eigenvalue weighted by atomic mass is 10.0. The lowest BCUT2D eigenvalue weighted by Crippen LogP contribution is -2.54. The highest BCUT2D eigenvalue weighted by atomic mass is 35.5. The number of hydrogen-bond donors (Lipinski definition) is 4. The van der Waals surface area contributed by atoms with Crippen molar-refractivity contribution in [1.82, 2.24) is 0 Å². The number of benzene rings is 1. The van der Waals surface area contributed by atoms with E-state index in [-0.39, 0.29) is 0 Å². The molecule has 0 bridgehead atoms. The third kappa shape index (κ3) is 3.67. The maximum Gasteiger partial charge on any atom is 0.185 e. The fourth-order valence-corrected chi connectivity index (χ4v) is 2.40. The number of aliphatic hydroxyl groups is 4. The molecule has 6 nitrogen and oxygen atoms in total. The van der Waals surface area contributed by atoms with Crippen LogP contribution in [0.15, 0.2) is 18.2 Å². The van der Waals surface area contributed by atoms with E-state index in [9.17, 15) is 15.3 Å². The highest BCUT2D eigenvalue weighted by Gasteiger charge is 2.42. The summed E-state index contributed by atoms with van der Waals surface area (Å²) in [6.07, 6.45) is -5.57. The van der Waals surface area contributed by atoms with E-state index in [1.807, 2.05) is 0 Å². The van der Waals surface area contributed by atoms with E-state index in [1.165, 1.54) is 6.07 Å². The average Bonchev–Trinajstić information content (AvgIpc) is 2.49. The van der Waals surface area contributed by atoms with Gasteiger partial charge in [-0.3, -0.25) is 0 Å². The van der Waals surface area contributed by atoms with Crippen LogP contribution < -0.4 is 0 Å². The predicted octanol–water partition coefficient (Wildman–Crippen LogP) is 0.482. The second kappa shape index (κ2) is 7.21. The topological polar surface area (TPSA) is 99.4 Å². The van der Waals surface area contributed by atoms with Crippen molar-refractivity contribution >= 4 is 23.2 Å². The Morgan fingerprint density at radius 1 is 1.14 bits per heavy atom. The highest BCUT2D eigenvalue weighted by molar-refractivity contribution is 6.42. The molecule has 1 heterocycles. The van der Waals surface area contributed by atoms with Gasteiger partial charge in [-0.15, -0.1) is 0 Å². The molecule has 2 rings (SSSR count). The van der Waals surface area contributed by atoms with Gasteiger partial charge >= 0.3 is 0 Å². The Morgan fingerprint density at radius 3 is 2.43 bits per heavy atom. The Balaban J connectivity index is 2.24. The lowest BCUT2D eigenvalue weighted by molar-refractivity contribution is -0.310. The van der Waals surface area contributed by atoms with Gasteiger partial charge in [0.05, 0.1) is 23.3 Å². The summed E-state index contributed by atoms with van der Waals surface area (Å²) in [6, 6.07) is 4.71. The summed E-state index contributed by atoms with van der Waals surface area (Å²) in [5, 5.41) is 38.6. The van der Waals surface area contributed by atoms with Crippen LogP contribution in [0.5, 0.6) is 0 Å². The van der Waals surface area contributed by atoms with Crippen molar-refractivity contribution in [3.8, 4) is 0 Å². The van der Waals surface area contributed by atoms with Gasteiger partial charge in [-0.2, -0.15) is 0 Å². The number of aliphatic hydroxyl groups excluding tert-OH is 4. The molecule has 0 spiro atoms. The van der Waals surface area contributed by atoms with Crippen molar-refractivity contribution in [3.05, 3.63) is 33.8 Å². The third-order valence-electron chi connectivity index (χ3n) is 3.26. The van der Waals surface area contributed by atoms with Crippen LogP contribution in [0.4, 0.5) is 0 Å². The number of halogens is 2. The summed E-state index contributed by atoms with van der Waals surface area (Å²) in [6.45, 7) is -1.05. The molecule has 1 aliphatic heterocycles. The van der Waals surface area contributed by atoms with E-state index in [0.29, 0.717) is 15.6 Å². The van der Waals surface area contributed by atoms with E-state index in [0.717, 1.165) is 0 Å². The molecular weight excluding hydrogens is 323 g/mol. The Hall–Kier alpha value is -0.440. The molecule has 1 aromatic carbocycles. The van der Waals surface area contributed by atoms with Gasteiger partial charge < -0.3 is 29.9 Å². The first-order valence-corrected chi connectivity index (χ1v) is 7.07. The minimum Gasteiger partial charge on any atom is -0.394 e. The van der Waals surface area contributed by atoms with Crippen molar-refractivity contribution in [2.24, 2.45) is 0 Å². The monoisotopic (exact) mass is 338 g/mol. The molecule has 0 amide bonds. The molecule has 0 aromatic heterocycles. The van der Waals surface area contributed by atoms with Gasteiger partial charge in [0.15, 0.2) is 6.29 Å². The molecule has 0 saturated carbocycles. The van der Waals surface area contributed by atoms with Crippen LogP contribution in [-0.4, -0.2) is 58.1 Å². The largest absolute Gasteiger partial charge is 0.394 e. The molecule has 5 atom stereocenters. The SMILES string of the molecule is OC[C@@H](O)[C@H]1OC(c2ccc(Cl)c(Cl)c2)O[C@@H](CO)[C@H]1O. The Labute approximate surface area is 131 Å². The van der Waals surface area contributed by atoms with Crippen molar-refractivity contribution in [2.75, 3.05) is 13.2 Å². The molecule has 1 fully saturated rings. The maximum atomic E-state index is 9.97. The number of hydrogen-bond acceptors (Lipinski definition) is 6. The zero-order valence-corrected chi connectivity index (χ0v) is 12.4. The minimum atomic E-state index is -1.30. The second-order valence-corrected chi connectivity index (χ2v) is 5.52. The molecule has 1 saturated heterocycles. The summed E-state index contributed by atoms with van der Waals surface area (Å²) in [4.78, 5) is 0. The van der Waals surface area contributed by atoms with Crippen LogP contribution in [0.3, 0.4) is 0 Å². The van der Waals surface area contributed by atoms with Crippen molar-refractivity contribution in [2.45, 2.75) is 30.7 Å². The van der Waals surface area contributed by atoms with E-state index < -0.39 is 43.9 Å².